The molecule has 0 bridgehead atoms. The van der Waals surface area contributed by atoms with Crippen LogP contribution in [-0.2, 0) is 4.74 Å². The standard InChI is InChI=1S/C15H21FN2O3/c1-2-6-17-14-12(4-3-5-13(14)16)15(20)18-7-8-21-11(9-18)10-19/h3-5,11,17,19H,2,6-10H2,1H3. The van der Waals surface area contributed by atoms with Crippen molar-refractivity contribution in [1.29, 1.82) is 0 Å². The van der Waals surface area contributed by atoms with Crippen LogP contribution < -0.4 is 5.32 Å². The van der Waals surface area contributed by atoms with Crippen molar-refractivity contribution < 1.29 is 19.0 Å². The second-order valence-corrected chi connectivity index (χ2v) is 5.02. The van der Waals surface area contributed by atoms with E-state index >= 15 is 0 Å². The van der Waals surface area contributed by atoms with Gasteiger partial charge in [0, 0.05) is 19.6 Å². The number of aliphatic hydroxyl groups excluding tert-OH is 1. The van der Waals surface area contributed by atoms with Gasteiger partial charge in [0.25, 0.3) is 5.91 Å². The van der Waals surface area contributed by atoms with Crippen molar-refractivity contribution in [2.24, 2.45) is 0 Å². The van der Waals surface area contributed by atoms with Crippen LogP contribution in [-0.4, -0.2) is 54.9 Å². The largest absolute Gasteiger partial charge is 0.394 e. The molecule has 0 aliphatic carbocycles. The molecule has 1 aromatic rings. The molecule has 0 aromatic heterocycles. The van der Waals surface area contributed by atoms with Crippen molar-refractivity contribution in [1.82, 2.24) is 4.90 Å². The fourth-order valence-electron chi connectivity index (χ4n) is 2.32. The number of aliphatic hydroxyl groups is 1. The van der Waals surface area contributed by atoms with Crippen molar-refractivity contribution in [3.05, 3.63) is 29.6 Å². The lowest BCUT2D eigenvalue weighted by atomic mass is 10.1. The van der Waals surface area contributed by atoms with Crippen molar-refractivity contribution >= 4 is 11.6 Å². The maximum absolute atomic E-state index is 13.9. The number of halogens is 1. The summed E-state index contributed by atoms with van der Waals surface area (Å²) in [5, 5.41) is 12.1. The number of anilines is 1. The highest BCUT2D eigenvalue weighted by Gasteiger charge is 2.26. The first kappa shape index (κ1) is 15.7. The summed E-state index contributed by atoms with van der Waals surface area (Å²) < 4.78 is 19.3. The third-order valence-corrected chi connectivity index (χ3v) is 3.43. The summed E-state index contributed by atoms with van der Waals surface area (Å²) in [7, 11) is 0. The van der Waals surface area contributed by atoms with Gasteiger partial charge in [-0.05, 0) is 18.6 Å². The Morgan fingerprint density at radius 3 is 3.10 bits per heavy atom. The molecule has 2 rings (SSSR count). The van der Waals surface area contributed by atoms with Crippen LogP contribution in [0.4, 0.5) is 10.1 Å². The van der Waals surface area contributed by atoms with Crippen LogP contribution in [0, 0.1) is 5.82 Å². The number of nitrogens with one attached hydrogen (secondary N) is 1. The van der Waals surface area contributed by atoms with Gasteiger partial charge in [0.1, 0.15) is 5.82 Å². The topological polar surface area (TPSA) is 61.8 Å². The first-order valence-corrected chi connectivity index (χ1v) is 7.21. The van der Waals surface area contributed by atoms with E-state index in [2.05, 4.69) is 5.32 Å². The number of hydrogen-bond donors (Lipinski definition) is 2. The molecule has 21 heavy (non-hydrogen) atoms. The van der Waals surface area contributed by atoms with E-state index in [4.69, 9.17) is 9.84 Å². The molecule has 5 nitrogen and oxygen atoms in total. The van der Waals surface area contributed by atoms with Crippen LogP contribution in [0.3, 0.4) is 0 Å². The van der Waals surface area contributed by atoms with Gasteiger partial charge >= 0.3 is 0 Å². The smallest absolute Gasteiger partial charge is 0.256 e. The molecule has 1 amide bonds. The average Bonchev–Trinajstić information content (AvgIpc) is 2.53. The van der Waals surface area contributed by atoms with Gasteiger partial charge in [-0.3, -0.25) is 4.79 Å². The Balaban J connectivity index is 2.20. The number of rotatable bonds is 5. The van der Waals surface area contributed by atoms with Gasteiger partial charge in [0.2, 0.25) is 0 Å². The lowest BCUT2D eigenvalue weighted by Gasteiger charge is -2.32. The highest BCUT2D eigenvalue weighted by molar-refractivity contribution is 5.99. The molecule has 1 aliphatic rings. The lowest BCUT2D eigenvalue weighted by molar-refractivity contribution is -0.0447. The highest BCUT2D eigenvalue weighted by atomic mass is 19.1. The SMILES string of the molecule is CCCNc1c(F)cccc1C(=O)N1CCOC(CO)C1. The summed E-state index contributed by atoms with van der Waals surface area (Å²) >= 11 is 0. The summed E-state index contributed by atoms with van der Waals surface area (Å²) in [5.41, 5.74) is 0.568. The summed E-state index contributed by atoms with van der Waals surface area (Å²) in [6.45, 7) is 3.59. The number of amides is 1. The number of para-hydroxylation sites is 1. The normalized spacial score (nSPS) is 18.6. The van der Waals surface area contributed by atoms with E-state index in [0.29, 0.717) is 31.8 Å². The molecule has 1 atom stereocenters. The van der Waals surface area contributed by atoms with Crippen LogP contribution in [0.5, 0.6) is 0 Å². The van der Waals surface area contributed by atoms with Gasteiger partial charge in [-0.25, -0.2) is 4.39 Å². The number of carbonyl (C=O) groups excluding carboxylic acids is 1. The second-order valence-electron chi connectivity index (χ2n) is 5.02. The van der Waals surface area contributed by atoms with Crippen LogP contribution in [0.1, 0.15) is 23.7 Å². The van der Waals surface area contributed by atoms with Gasteiger partial charge in [-0.2, -0.15) is 0 Å². The minimum absolute atomic E-state index is 0.131. The predicted molar refractivity (Wildman–Crippen MR) is 77.9 cm³/mol. The maximum Gasteiger partial charge on any atom is 0.256 e. The van der Waals surface area contributed by atoms with Crippen LogP contribution in [0.15, 0.2) is 18.2 Å². The number of hydrogen-bond acceptors (Lipinski definition) is 4. The van der Waals surface area contributed by atoms with Gasteiger partial charge in [-0.15, -0.1) is 0 Å². The average molecular weight is 296 g/mol. The van der Waals surface area contributed by atoms with E-state index in [9.17, 15) is 9.18 Å². The molecular weight excluding hydrogens is 275 g/mol. The van der Waals surface area contributed by atoms with E-state index in [1.165, 1.54) is 12.1 Å². The van der Waals surface area contributed by atoms with E-state index in [1.807, 2.05) is 6.92 Å². The molecule has 0 saturated carbocycles. The zero-order chi connectivity index (χ0) is 15.2. The summed E-state index contributed by atoms with van der Waals surface area (Å²) in [5.74, 6) is -0.670. The predicted octanol–water partition coefficient (Wildman–Crippen LogP) is 1.48. The van der Waals surface area contributed by atoms with Crippen molar-refractivity contribution in [2.45, 2.75) is 19.4 Å². The van der Waals surface area contributed by atoms with Crippen molar-refractivity contribution in [3.63, 3.8) is 0 Å². The lowest BCUT2D eigenvalue weighted by Crippen LogP contribution is -2.47. The fraction of sp³-hybridized carbons (Fsp3) is 0.533. The molecule has 0 spiro atoms. The molecule has 1 heterocycles. The van der Waals surface area contributed by atoms with E-state index in [1.54, 1.807) is 11.0 Å². The maximum atomic E-state index is 13.9. The Bertz CT molecular complexity index is 496. The molecule has 1 aromatic carbocycles. The third-order valence-electron chi connectivity index (χ3n) is 3.43. The number of nitrogens with zero attached hydrogens (tertiary/aromatic N) is 1. The molecule has 1 unspecified atom stereocenters. The number of carbonyl (C=O) groups is 1. The van der Waals surface area contributed by atoms with Gasteiger partial charge in [0.15, 0.2) is 0 Å². The molecule has 116 valence electrons. The van der Waals surface area contributed by atoms with Gasteiger partial charge in [-0.1, -0.05) is 13.0 Å². The van der Waals surface area contributed by atoms with E-state index < -0.39 is 5.82 Å². The number of morpholine rings is 1. The molecule has 2 N–H and O–H groups in total. The van der Waals surface area contributed by atoms with Crippen LogP contribution in [0.25, 0.3) is 0 Å². The highest BCUT2D eigenvalue weighted by Crippen LogP contribution is 2.22. The minimum Gasteiger partial charge on any atom is -0.394 e. The van der Waals surface area contributed by atoms with E-state index in [-0.39, 0.29) is 24.3 Å². The molecule has 1 aliphatic heterocycles. The van der Waals surface area contributed by atoms with Gasteiger partial charge in [0.05, 0.1) is 30.6 Å². The zero-order valence-electron chi connectivity index (χ0n) is 12.1. The number of benzene rings is 1. The van der Waals surface area contributed by atoms with Crippen molar-refractivity contribution in [2.75, 3.05) is 38.2 Å². The second kappa shape index (κ2) is 7.38. The zero-order valence-corrected chi connectivity index (χ0v) is 12.1. The Hall–Kier alpha value is -1.66. The quantitative estimate of drug-likeness (QED) is 0.864. The summed E-state index contributed by atoms with van der Waals surface area (Å²) in [6, 6.07) is 4.49. The fourth-order valence-corrected chi connectivity index (χ4v) is 2.32. The molecular formula is C15H21FN2O3. The third kappa shape index (κ3) is 3.71. The van der Waals surface area contributed by atoms with Crippen molar-refractivity contribution in [3.8, 4) is 0 Å². The van der Waals surface area contributed by atoms with E-state index in [0.717, 1.165) is 6.42 Å². The Kier molecular flexibility index (Phi) is 5.52. The Morgan fingerprint density at radius 2 is 2.38 bits per heavy atom. The first-order chi connectivity index (χ1) is 10.2. The number of ether oxygens (including phenoxy) is 1. The first-order valence-electron chi connectivity index (χ1n) is 7.21. The van der Waals surface area contributed by atoms with Gasteiger partial charge < -0.3 is 20.1 Å². The van der Waals surface area contributed by atoms with Crippen LogP contribution in [0.2, 0.25) is 0 Å². The minimum atomic E-state index is -0.429. The Morgan fingerprint density at radius 1 is 1.57 bits per heavy atom. The summed E-state index contributed by atoms with van der Waals surface area (Å²) in [4.78, 5) is 14.2. The molecule has 1 saturated heterocycles. The monoisotopic (exact) mass is 296 g/mol. The molecule has 0 radical (unpaired) electrons. The molecule has 6 heteroatoms. The Labute approximate surface area is 123 Å². The van der Waals surface area contributed by atoms with Crippen LogP contribution >= 0.6 is 0 Å². The molecule has 1 fully saturated rings. The summed E-state index contributed by atoms with van der Waals surface area (Å²) in [6.07, 6.45) is 0.467.